The number of esters is 2. The summed E-state index contributed by atoms with van der Waals surface area (Å²) in [7, 11) is 1.21. The average molecular weight is 145 g/mol. The van der Waals surface area contributed by atoms with Crippen LogP contribution in [0.3, 0.4) is 0 Å². The van der Waals surface area contributed by atoms with Crippen LogP contribution in [0.5, 0.6) is 0 Å². The zero-order valence-electron chi connectivity index (χ0n) is 5.92. The zero-order valence-corrected chi connectivity index (χ0v) is 5.92. The van der Waals surface area contributed by atoms with Crippen molar-refractivity contribution < 1.29 is 19.1 Å². The number of carbonyl (C=O) groups excluding carboxylic acids is 2. The molecule has 0 saturated heterocycles. The molecule has 0 N–H and O–H groups in total. The molecule has 10 heavy (non-hydrogen) atoms. The SMILES string of the molecule is CCC(=O)O[CH]C(=O)OC. The highest BCUT2D eigenvalue weighted by molar-refractivity contribution is 5.81. The monoisotopic (exact) mass is 145 g/mol. The maximum Gasteiger partial charge on any atom is 0.351 e. The first-order valence-electron chi connectivity index (χ1n) is 2.81. The van der Waals surface area contributed by atoms with Crippen molar-refractivity contribution in [3.63, 3.8) is 0 Å². The maximum absolute atomic E-state index is 10.4. The fraction of sp³-hybridized carbons (Fsp3) is 0.500. The zero-order chi connectivity index (χ0) is 7.98. The van der Waals surface area contributed by atoms with Crippen LogP contribution in [-0.2, 0) is 19.1 Å². The van der Waals surface area contributed by atoms with Crippen molar-refractivity contribution >= 4 is 11.9 Å². The van der Waals surface area contributed by atoms with Gasteiger partial charge < -0.3 is 9.47 Å². The van der Waals surface area contributed by atoms with E-state index in [0.29, 0.717) is 0 Å². The molecule has 0 amide bonds. The Morgan fingerprint density at radius 3 is 2.50 bits per heavy atom. The fourth-order valence-electron chi connectivity index (χ4n) is 0.245. The van der Waals surface area contributed by atoms with Gasteiger partial charge in [-0.15, -0.1) is 0 Å². The van der Waals surface area contributed by atoms with Crippen molar-refractivity contribution in [2.45, 2.75) is 13.3 Å². The van der Waals surface area contributed by atoms with E-state index in [1.165, 1.54) is 7.11 Å². The largest absolute Gasteiger partial charge is 0.466 e. The maximum atomic E-state index is 10.4. The standard InChI is InChI=1S/C6H9O4/c1-3-5(7)10-4-6(8)9-2/h4H,3H2,1-2H3. The van der Waals surface area contributed by atoms with Gasteiger partial charge >= 0.3 is 11.9 Å². The molecule has 4 nitrogen and oxygen atoms in total. The molecule has 0 aliphatic rings. The van der Waals surface area contributed by atoms with Gasteiger partial charge in [0.25, 0.3) is 0 Å². The second kappa shape index (κ2) is 4.78. The summed E-state index contributed by atoms with van der Waals surface area (Å²) in [5.41, 5.74) is 0. The summed E-state index contributed by atoms with van der Waals surface area (Å²) >= 11 is 0. The van der Waals surface area contributed by atoms with E-state index in [0.717, 1.165) is 6.61 Å². The average Bonchev–Trinajstić information content (AvgIpc) is 1.99. The minimum absolute atomic E-state index is 0.244. The van der Waals surface area contributed by atoms with Gasteiger partial charge in [-0.25, -0.2) is 4.79 Å². The third kappa shape index (κ3) is 3.88. The highest BCUT2D eigenvalue weighted by atomic mass is 16.6. The van der Waals surface area contributed by atoms with Crippen molar-refractivity contribution in [2.75, 3.05) is 7.11 Å². The molecular weight excluding hydrogens is 136 g/mol. The molecule has 0 unspecified atom stereocenters. The molecule has 0 aromatic heterocycles. The smallest absolute Gasteiger partial charge is 0.351 e. The Morgan fingerprint density at radius 1 is 1.50 bits per heavy atom. The Kier molecular flexibility index (Phi) is 4.28. The molecule has 0 heterocycles. The van der Waals surface area contributed by atoms with Gasteiger partial charge in [0, 0.05) is 6.42 Å². The van der Waals surface area contributed by atoms with Crippen molar-refractivity contribution in [3.05, 3.63) is 6.61 Å². The van der Waals surface area contributed by atoms with Crippen LogP contribution in [0, 0.1) is 6.61 Å². The third-order valence-electron chi connectivity index (χ3n) is 0.776. The molecule has 0 atom stereocenters. The molecule has 0 aromatic carbocycles. The quantitative estimate of drug-likeness (QED) is 0.535. The first-order valence-corrected chi connectivity index (χ1v) is 2.81. The molecule has 0 aliphatic carbocycles. The molecule has 0 bridgehead atoms. The third-order valence-corrected chi connectivity index (χ3v) is 0.776. The Bertz CT molecular complexity index is 114. The summed E-state index contributed by atoms with van der Waals surface area (Å²) in [6, 6.07) is 0. The van der Waals surface area contributed by atoms with Crippen molar-refractivity contribution in [1.82, 2.24) is 0 Å². The molecule has 0 aromatic rings. The van der Waals surface area contributed by atoms with E-state index < -0.39 is 11.9 Å². The van der Waals surface area contributed by atoms with Crippen molar-refractivity contribution in [2.24, 2.45) is 0 Å². The van der Waals surface area contributed by atoms with Crippen molar-refractivity contribution in [3.8, 4) is 0 Å². The lowest BCUT2D eigenvalue weighted by atomic mass is 10.5. The lowest BCUT2D eigenvalue weighted by Gasteiger charge is -1.98. The number of hydrogen-bond donors (Lipinski definition) is 0. The molecular formula is C6H9O4. The Balaban J connectivity index is 3.35. The van der Waals surface area contributed by atoms with Gasteiger partial charge in [-0.2, -0.15) is 0 Å². The van der Waals surface area contributed by atoms with Crippen LogP contribution in [0.25, 0.3) is 0 Å². The summed E-state index contributed by atoms with van der Waals surface area (Å²) in [5, 5.41) is 0. The number of carbonyl (C=O) groups is 2. The summed E-state index contributed by atoms with van der Waals surface area (Å²) in [6.07, 6.45) is 0.244. The van der Waals surface area contributed by atoms with E-state index in [2.05, 4.69) is 9.47 Å². The van der Waals surface area contributed by atoms with Crippen LogP contribution in [0.15, 0.2) is 0 Å². The van der Waals surface area contributed by atoms with Crippen LogP contribution in [0.2, 0.25) is 0 Å². The molecule has 4 heteroatoms. The highest BCUT2D eigenvalue weighted by Crippen LogP contribution is 1.89. The second-order valence-electron chi connectivity index (χ2n) is 1.48. The molecule has 0 rings (SSSR count). The van der Waals surface area contributed by atoms with Gasteiger partial charge in [-0.05, 0) is 0 Å². The Hall–Kier alpha value is -1.06. The minimum atomic E-state index is -0.665. The molecule has 0 aliphatic heterocycles. The first kappa shape index (κ1) is 8.94. The highest BCUT2D eigenvalue weighted by Gasteiger charge is 2.04. The van der Waals surface area contributed by atoms with Gasteiger partial charge in [-0.1, -0.05) is 6.92 Å². The Labute approximate surface area is 59.1 Å². The fourth-order valence-corrected chi connectivity index (χ4v) is 0.245. The lowest BCUT2D eigenvalue weighted by Crippen LogP contribution is -2.08. The van der Waals surface area contributed by atoms with E-state index in [1.807, 2.05) is 0 Å². The number of methoxy groups -OCH3 is 1. The normalized spacial score (nSPS) is 8.60. The molecule has 0 saturated carbocycles. The van der Waals surface area contributed by atoms with Crippen LogP contribution in [0.1, 0.15) is 13.3 Å². The molecule has 1 radical (unpaired) electrons. The molecule has 57 valence electrons. The predicted octanol–water partition coefficient (Wildman–Crippen LogP) is 0.274. The van der Waals surface area contributed by atoms with Crippen LogP contribution >= 0.6 is 0 Å². The van der Waals surface area contributed by atoms with Crippen LogP contribution in [0.4, 0.5) is 0 Å². The first-order chi connectivity index (χ1) is 4.70. The number of hydrogen-bond acceptors (Lipinski definition) is 4. The van der Waals surface area contributed by atoms with Crippen LogP contribution in [-0.4, -0.2) is 19.0 Å². The summed E-state index contributed by atoms with van der Waals surface area (Å²) in [4.78, 5) is 20.6. The minimum Gasteiger partial charge on any atom is -0.466 e. The lowest BCUT2D eigenvalue weighted by molar-refractivity contribution is -0.150. The summed E-state index contributed by atoms with van der Waals surface area (Å²) < 4.78 is 8.48. The van der Waals surface area contributed by atoms with Gasteiger partial charge in [0.1, 0.15) is 0 Å². The second-order valence-corrected chi connectivity index (χ2v) is 1.48. The van der Waals surface area contributed by atoms with E-state index in [9.17, 15) is 9.59 Å². The molecule has 0 spiro atoms. The van der Waals surface area contributed by atoms with E-state index in [-0.39, 0.29) is 6.42 Å². The van der Waals surface area contributed by atoms with Gasteiger partial charge in [0.05, 0.1) is 7.11 Å². The van der Waals surface area contributed by atoms with Crippen molar-refractivity contribution in [1.29, 1.82) is 0 Å². The topological polar surface area (TPSA) is 52.6 Å². The molecule has 0 fully saturated rings. The summed E-state index contributed by atoms with van der Waals surface area (Å²) in [6.45, 7) is 2.37. The van der Waals surface area contributed by atoms with E-state index in [4.69, 9.17) is 0 Å². The summed E-state index contributed by atoms with van der Waals surface area (Å²) in [5.74, 6) is -1.12. The Morgan fingerprint density at radius 2 is 2.10 bits per heavy atom. The number of rotatable bonds is 3. The number of ether oxygens (including phenoxy) is 2. The van der Waals surface area contributed by atoms with Gasteiger partial charge in [0.15, 0.2) is 0 Å². The van der Waals surface area contributed by atoms with E-state index in [1.54, 1.807) is 6.92 Å². The van der Waals surface area contributed by atoms with E-state index >= 15 is 0 Å². The van der Waals surface area contributed by atoms with Gasteiger partial charge in [0.2, 0.25) is 6.61 Å². The van der Waals surface area contributed by atoms with Crippen LogP contribution < -0.4 is 0 Å². The van der Waals surface area contributed by atoms with Gasteiger partial charge in [-0.3, -0.25) is 4.79 Å². The predicted molar refractivity (Wildman–Crippen MR) is 32.7 cm³/mol.